The van der Waals surface area contributed by atoms with E-state index >= 15 is 0 Å². The van der Waals surface area contributed by atoms with Gasteiger partial charge in [0.2, 0.25) is 0 Å². The third-order valence-corrected chi connectivity index (χ3v) is 4.74. The van der Waals surface area contributed by atoms with Crippen molar-refractivity contribution in [1.82, 2.24) is 5.32 Å². The smallest absolute Gasteiger partial charge is 0.0621 e. The SMILES string of the molecule is Cc1cc(NC(C)CC2COCCN2)cc(C)c1Br. The van der Waals surface area contributed by atoms with Crippen LogP contribution in [0.1, 0.15) is 24.5 Å². The zero-order valence-corrected chi connectivity index (χ0v) is 13.5. The van der Waals surface area contributed by atoms with E-state index in [2.05, 4.69) is 59.5 Å². The van der Waals surface area contributed by atoms with Gasteiger partial charge in [0.15, 0.2) is 0 Å². The van der Waals surface area contributed by atoms with E-state index in [0.29, 0.717) is 12.1 Å². The Morgan fingerprint density at radius 1 is 1.42 bits per heavy atom. The molecule has 0 amide bonds. The summed E-state index contributed by atoms with van der Waals surface area (Å²) in [6, 6.07) is 5.28. The molecule has 0 bridgehead atoms. The fourth-order valence-electron chi connectivity index (χ4n) is 2.57. The number of ether oxygens (including phenoxy) is 1. The van der Waals surface area contributed by atoms with Gasteiger partial charge in [0.05, 0.1) is 13.2 Å². The summed E-state index contributed by atoms with van der Waals surface area (Å²) in [6.45, 7) is 9.11. The zero-order valence-electron chi connectivity index (χ0n) is 11.9. The molecule has 1 aromatic rings. The van der Waals surface area contributed by atoms with E-state index in [4.69, 9.17) is 4.74 Å². The Balaban J connectivity index is 1.92. The maximum atomic E-state index is 5.49. The van der Waals surface area contributed by atoms with Crippen molar-refractivity contribution in [2.24, 2.45) is 0 Å². The van der Waals surface area contributed by atoms with Crippen LogP contribution in [0, 0.1) is 13.8 Å². The average Bonchev–Trinajstić information content (AvgIpc) is 2.37. The Morgan fingerprint density at radius 2 is 2.11 bits per heavy atom. The van der Waals surface area contributed by atoms with E-state index in [0.717, 1.165) is 26.2 Å². The minimum absolute atomic E-state index is 0.430. The van der Waals surface area contributed by atoms with Crippen LogP contribution in [0.15, 0.2) is 16.6 Å². The summed E-state index contributed by atoms with van der Waals surface area (Å²) < 4.78 is 6.69. The number of morpholine rings is 1. The molecule has 1 fully saturated rings. The standard InChI is InChI=1S/C15H23BrN2O/c1-10-6-13(7-11(2)15(10)16)18-12(3)8-14-9-19-5-4-17-14/h6-7,12,14,17-18H,4-5,8-9H2,1-3H3. The zero-order chi connectivity index (χ0) is 13.8. The van der Waals surface area contributed by atoms with E-state index in [1.165, 1.54) is 21.3 Å². The fourth-order valence-corrected chi connectivity index (χ4v) is 2.80. The number of anilines is 1. The van der Waals surface area contributed by atoms with Crippen molar-refractivity contribution in [2.75, 3.05) is 25.1 Å². The number of hydrogen-bond donors (Lipinski definition) is 2. The van der Waals surface area contributed by atoms with Gasteiger partial charge in [-0.2, -0.15) is 0 Å². The van der Waals surface area contributed by atoms with Gasteiger partial charge < -0.3 is 15.4 Å². The molecule has 0 aromatic heterocycles. The highest BCUT2D eigenvalue weighted by atomic mass is 79.9. The lowest BCUT2D eigenvalue weighted by Crippen LogP contribution is -2.43. The van der Waals surface area contributed by atoms with Gasteiger partial charge in [-0.1, -0.05) is 15.9 Å². The Hall–Kier alpha value is -0.580. The number of aryl methyl sites for hydroxylation is 2. The summed E-state index contributed by atoms with van der Waals surface area (Å²) in [7, 11) is 0. The van der Waals surface area contributed by atoms with Crippen LogP contribution >= 0.6 is 15.9 Å². The van der Waals surface area contributed by atoms with Gasteiger partial charge in [-0.25, -0.2) is 0 Å². The summed E-state index contributed by atoms with van der Waals surface area (Å²) >= 11 is 3.60. The van der Waals surface area contributed by atoms with E-state index in [1.54, 1.807) is 0 Å². The first kappa shape index (κ1) is 14.8. The van der Waals surface area contributed by atoms with Gasteiger partial charge in [-0.15, -0.1) is 0 Å². The van der Waals surface area contributed by atoms with E-state index in [1.807, 2.05) is 0 Å². The molecular weight excluding hydrogens is 304 g/mol. The number of hydrogen-bond acceptors (Lipinski definition) is 3. The predicted molar refractivity (Wildman–Crippen MR) is 83.9 cm³/mol. The van der Waals surface area contributed by atoms with Gasteiger partial charge in [0.1, 0.15) is 0 Å². The largest absolute Gasteiger partial charge is 0.383 e. The molecule has 1 aromatic carbocycles. The highest BCUT2D eigenvalue weighted by molar-refractivity contribution is 9.10. The lowest BCUT2D eigenvalue weighted by Gasteiger charge is -2.27. The van der Waals surface area contributed by atoms with E-state index < -0.39 is 0 Å². The Bertz CT molecular complexity index is 407. The lowest BCUT2D eigenvalue weighted by molar-refractivity contribution is 0.0731. The average molecular weight is 327 g/mol. The number of nitrogens with one attached hydrogen (secondary N) is 2. The van der Waals surface area contributed by atoms with Crippen LogP contribution in [-0.4, -0.2) is 31.8 Å². The fraction of sp³-hybridized carbons (Fsp3) is 0.600. The molecule has 19 heavy (non-hydrogen) atoms. The molecule has 106 valence electrons. The molecule has 1 aliphatic rings. The van der Waals surface area contributed by atoms with Crippen LogP contribution in [-0.2, 0) is 4.74 Å². The molecule has 0 saturated carbocycles. The maximum absolute atomic E-state index is 5.49. The second kappa shape index (κ2) is 6.73. The molecule has 3 nitrogen and oxygen atoms in total. The number of benzene rings is 1. The van der Waals surface area contributed by atoms with Crippen molar-refractivity contribution >= 4 is 21.6 Å². The van der Waals surface area contributed by atoms with E-state index in [-0.39, 0.29) is 0 Å². The summed E-state index contributed by atoms with van der Waals surface area (Å²) in [5.74, 6) is 0. The monoisotopic (exact) mass is 326 g/mol. The van der Waals surface area contributed by atoms with Gasteiger partial charge in [0.25, 0.3) is 0 Å². The van der Waals surface area contributed by atoms with Gasteiger partial charge >= 0.3 is 0 Å². The topological polar surface area (TPSA) is 33.3 Å². The quantitative estimate of drug-likeness (QED) is 0.891. The summed E-state index contributed by atoms with van der Waals surface area (Å²) in [4.78, 5) is 0. The summed E-state index contributed by atoms with van der Waals surface area (Å²) in [6.07, 6.45) is 1.08. The van der Waals surface area contributed by atoms with Crippen LogP contribution in [0.2, 0.25) is 0 Å². The van der Waals surface area contributed by atoms with Gasteiger partial charge in [-0.3, -0.25) is 0 Å². The van der Waals surface area contributed by atoms with Crippen molar-refractivity contribution < 1.29 is 4.74 Å². The summed E-state index contributed by atoms with van der Waals surface area (Å²) in [5.41, 5.74) is 3.74. The van der Waals surface area contributed by atoms with Crippen molar-refractivity contribution in [2.45, 2.75) is 39.3 Å². The molecule has 0 radical (unpaired) electrons. The van der Waals surface area contributed by atoms with Crippen LogP contribution in [0.25, 0.3) is 0 Å². The highest BCUT2D eigenvalue weighted by Crippen LogP contribution is 2.25. The Labute approximate surface area is 124 Å². The van der Waals surface area contributed by atoms with Crippen LogP contribution in [0.5, 0.6) is 0 Å². The second-order valence-corrected chi connectivity index (χ2v) is 6.22. The number of halogens is 1. The minimum atomic E-state index is 0.430. The van der Waals surface area contributed by atoms with Gasteiger partial charge in [0, 0.05) is 28.8 Å². The van der Waals surface area contributed by atoms with Crippen molar-refractivity contribution in [3.63, 3.8) is 0 Å². The molecule has 0 aliphatic carbocycles. The third-order valence-electron chi connectivity index (χ3n) is 3.49. The normalized spacial score (nSPS) is 21.2. The maximum Gasteiger partial charge on any atom is 0.0621 e. The second-order valence-electron chi connectivity index (χ2n) is 5.43. The van der Waals surface area contributed by atoms with Gasteiger partial charge in [-0.05, 0) is 50.5 Å². The van der Waals surface area contributed by atoms with Crippen LogP contribution < -0.4 is 10.6 Å². The molecular formula is C15H23BrN2O. The molecule has 2 atom stereocenters. The third kappa shape index (κ3) is 4.20. The van der Waals surface area contributed by atoms with Crippen LogP contribution in [0.4, 0.5) is 5.69 Å². The first-order chi connectivity index (χ1) is 9.06. The van der Waals surface area contributed by atoms with Crippen molar-refractivity contribution in [1.29, 1.82) is 0 Å². The molecule has 2 unspecified atom stereocenters. The van der Waals surface area contributed by atoms with Crippen molar-refractivity contribution in [3.8, 4) is 0 Å². The number of rotatable bonds is 4. The molecule has 1 aliphatic heterocycles. The van der Waals surface area contributed by atoms with Crippen LogP contribution in [0.3, 0.4) is 0 Å². The predicted octanol–water partition coefficient (Wildman–Crippen LogP) is 3.24. The van der Waals surface area contributed by atoms with Crippen molar-refractivity contribution in [3.05, 3.63) is 27.7 Å². The molecule has 4 heteroatoms. The summed E-state index contributed by atoms with van der Waals surface area (Å²) in [5, 5.41) is 7.08. The molecule has 2 rings (SSSR count). The first-order valence-electron chi connectivity index (χ1n) is 6.90. The highest BCUT2D eigenvalue weighted by Gasteiger charge is 2.16. The molecule has 2 N–H and O–H groups in total. The lowest BCUT2D eigenvalue weighted by atomic mass is 10.1. The Kier molecular flexibility index (Phi) is 5.25. The molecule has 1 heterocycles. The first-order valence-corrected chi connectivity index (χ1v) is 7.70. The minimum Gasteiger partial charge on any atom is -0.383 e. The molecule has 1 saturated heterocycles. The van der Waals surface area contributed by atoms with E-state index in [9.17, 15) is 0 Å². The Morgan fingerprint density at radius 3 is 2.68 bits per heavy atom. The molecule has 0 spiro atoms.